The third-order valence-electron chi connectivity index (χ3n) is 5.95. The van der Waals surface area contributed by atoms with Crippen molar-refractivity contribution in [1.82, 2.24) is 9.88 Å². The highest BCUT2D eigenvalue weighted by Crippen LogP contribution is 2.38. The van der Waals surface area contributed by atoms with E-state index in [4.69, 9.17) is 26.1 Å². The smallest absolute Gasteiger partial charge is 0.409 e. The normalized spacial score (nSPS) is 15.5. The van der Waals surface area contributed by atoms with E-state index >= 15 is 0 Å². The lowest BCUT2D eigenvalue weighted by Crippen LogP contribution is -2.37. The van der Waals surface area contributed by atoms with Gasteiger partial charge in [-0.05, 0) is 74.4 Å². The van der Waals surface area contributed by atoms with Gasteiger partial charge in [0, 0.05) is 23.7 Å². The number of aromatic nitrogens is 1. The number of aryl methyl sites for hydroxylation is 2. The van der Waals surface area contributed by atoms with E-state index in [1.165, 1.54) is 11.1 Å². The quantitative estimate of drug-likeness (QED) is 0.606. The van der Waals surface area contributed by atoms with Crippen molar-refractivity contribution in [2.75, 3.05) is 26.3 Å². The van der Waals surface area contributed by atoms with Gasteiger partial charge in [-0.2, -0.15) is 0 Å². The van der Waals surface area contributed by atoms with Crippen LogP contribution in [0.4, 0.5) is 4.79 Å². The number of carbonyl (C=O) groups excluding carboxylic acids is 2. The first kappa shape index (κ1) is 22.3. The van der Waals surface area contributed by atoms with E-state index in [1.54, 1.807) is 17.9 Å². The fourth-order valence-corrected chi connectivity index (χ4v) is 4.61. The summed E-state index contributed by atoms with van der Waals surface area (Å²) in [6.07, 6.45) is 2.83. The molecule has 0 saturated carbocycles. The molecule has 32 heavy (non-hydrogen) atoms. The largest absolute Gasteiger partial charge is 0.461 e. The highest BCUT2D eigenvalue weighted by molar-refractivity contribution is 6.30. The Labute approximate surface area is 193 Å². The molecule has 1 aromatic carbocycles. The van der Waals surface area contributed by atoms with Crippen LogP contribution < -0.4 is 0 Å². The fraction of sp³-hybridized carbons (Fsp3) is 0.400. The zero-order valence-corrected chi connectivity index (χ0v) is 19.2. The number of ether oxygens (including phenoxy) is 2. The van der Waals surface area contributed by atoms with Crippen molar-refractivity contribution in [1.29, 1.82) is 0 Å². The van der Waals surface area contributed by atoms with Gasteiger partial charge < -0.3 is 14.4 Å². The molecule has 0 radical (unpaired) electrons. The molecule has 1 fully saturated rings. The van der Waals surface area contributed by atoms with Crippen molar-refractivity contribution in [3.05, 3.63) is 69.0 Å². The molecule has 0 atom stereocenters. The number of carbonyl (C=O) groups is 2. The number of benzene rings is 1. The van der Waals surface area contributed by atoms with Crippen molar-refractivity contribution < 1.29 is 19.1 Å². The van der Waals surface area contributed by atoms with Crippen LogP contribution in [0.1, 0.15) is 59.6 Å². The summed E-state index contributed by atoms with van der Waals surface area (Å²) in [5, 5.41) is 0.705. The summed E-state index contributed by atoms with van der Waals surface area (Å²) in [7, 11) is 0. The maximum atomic E-state index is 12.4. The molecule has 1 amide bonds. The van der Waals surface area contributed by atoms with Crippen LogP contribution in [0, 0.1) is 0 Å². The van der Waals surface area contributed by atoms with Gasteiger partial charge in [0.2, 0.25) is 0 Å². The molecule has 0 unspecified atom stereocenters. The Hall–Kier alpha value is -2.86. The third-order valence-corrected chi connectivity index (χ3v) is 6.18. The summed E-state index contributed by atoms with van der Waals surface area (Å²) < 4.78 is 10.4. The van der Waals surface area contributed by atoms with Crippen LogP contribution in [-0.4, -0.2) is 48.2 Å². The maximum Gasteiger partial charge on any atom is 0.409 e. The highest BCUT2D eigenvalue weighted by Gasteiger charge is 2.28. The second-order valence-corrected chi connectivity index (χ2v) is 8.33. The van der Waals surface area contributed by atoms with Crippen LogP contribution in [0.3, 0.4) is 0 Å². The Balaban J connectivity index is 1.80. The molecule has 0 N–H and O–H groups in total. The first-order valence-corrected chi connectivity index (χ1v) is 11.5. The van der Waals surface area contributed by atoms with Gasteiger partial charge in [0.05, 0.1) is 18.9 Å². The first-order valence-electron chi connectivity index (χ1n) is 11.1. The molecule has 1 saturated heterocycles. The van der Waals surface area contributed by atoms with Gasteiger partial charge in [0.25, 0.3) is 0 Å². The van der Waals surface area contributed by atoms with Crippen LogP contribution in [-0.2, 0) is 22.3 Å². The monoisotopic (exact) mass is 454 g/mol. The number of amides is 1. The van der Waals surface area contributed by atoms with Gasteiger partial charge >= 0.3 is 12.1 Å². The van der Waals surface area contributed by atoms with Crippen LogP contribution in [0.25, 0.3) is 5.57 Å². The second-order valence-electron chi connectivity index (χ2n) is 7.89. The lowest BCUT2D eigenvalue weighted by atomic mass is 9.88. The molecule has 2 aliphatic rings. The minimum absolute atomic E-state index is 0.271. The van der Waals surface area contributed by atoms with Gasteiger partial charge in [-0.1, -0.05) is 29.3 Å². The minimum atomic E-state index is -0.419. The van der Waals surface area contributed by atoms with Crippen molar-refractivity contribution >= 4 is 29.2 Å². The number of hydrogen-bond acceptors (Lipinski definition) is 5. The average Bonchev–Trinajstić information content (AvgIpc) is 2.95. The number of likely N-dealkylation sites (tertiary alicyclic amines) is 1. The first-order chi connectivity index (χ1) is 15.5. The molecule has 6 nitrogen and oxygen atoms in total. The molecule has 2 heterocycles. The number of nitrogens with zero attached hydrogens (tertiary/aromatic N) is 2. The van der Waals surface area contributed by atoms with Gasteiger partial charge in [0.1, 0.15) is 5.69 Å². The van der Waals surface area contributed by atoms with E-state index in [2.05, 4.69) is 0 Å². The Morgan fingerprint density at radius 3 is 2.41 bits per heavy atom. The maximum absolute atomic E-state index is 12.4. The van der Waals surface area contributed by atoms with E-state index in [0.29, 0.717) is 37.0 Å². The molecule has 168 valence electrons. The van der Waals surface area contributed by atoms with E-state index < -0.39 is 5.97 Å². The van der Waals surface area contributed by atoms with Crippen molar-refractivity contribution in [3.63, 3.8) is 0 Å². The number of esters is 1. The molecule has 0 bridgehead atoms. The summed E-state index contributed by atoms with van der Waals surface area (Å²) in [4.78, 5) is 31.1. The van der Waals surface area contributed by atoms with E-state index in [9.17, 15) is 9.59 Å². The minimum Gasteiger partial charge on any atom is -0.461 e. The molecule has 7 heteroatoms. The third kappa shape index (κ3) is 4.51. The second kappa shape index (κ2) is 9.74. The molecule has 4 rings (SSSR count). The molecular formula is C25H27ClN2O4. The van der Waals surface area contributed by atoms with E-state index in [-0.39, 0.29) is 6.09 Å². The highest BCUT2D eigenvalue weighted by atomic mass is 35.5. The van der Waals surface area contributed by atoms with Crippen LogP contribution in [0.2, 0.25) is 5.02 Å². The molecule has 0 spiro atoms. The molecule has 1 aliphatic carbocycles. The Morgan fingerprint density at radius 2 is 1.69 bits per heavy atom. The zero-order chi connectivity index (χ0) is 22.7. The van der Waals surface area contributed by atoms with Gasteiger partial charge in [0.15, 0.2) is 0 Å². The van der Waals surface area contributed by atoms with E-state index in [1.807, 2.05) is 31.2 Å². The van der Waals surface area contributed by atoms with Crippen molar-refractivity contribution in [3.8, 4) is 0 Å². The topological polar surface area (TPSA) is 68.7 Å². The molecular weight excluding hydrogens is 428 g/mol. The number of rotatable bonds is 3. The van der Waals surface area contributed by atoms with Crippen LogP contribution in [0.5, 0.6) is 0 Å². The zero-order valence-electron chi connectivity index (χ0n) is 18.4. The van der Waals surface area contributed by atoms with Crippen LogP contribution >= 0.6 is 11.6 Å². The SMILES string of the molecule is CCOC(=O)c1ccc2c(n1)C(=C1CCN(C(=O)OCC)CC1)c1ccc(Cl)cc1CC2. The Bertz CT molecular complexity index is 1070. The Kier molecular flexibility index (Phi) is 6.80. The summed E-state index contributed by atoms with van der Waals surface area (Å²) in [5.74, 6) is -0.419. The summed E-state index contributed by atoms with van der Waals surface area (Å²) >= 11 is 6.31. The number of halogens is 1. The fourth-order valence-electron chi connectivity index (χ4n) is 4.42. The molecule has 1 aliphatic heterocycles. The number of fused-ring (bicyclic) bond motifs is 2. The Morgan fingerprint density at radius 1 is 0.969 bits per heavy atom. The standard InChI is InChI=1S/C25H27ClN2O4/c1-3-31-24(29)21-10-7-17-5-6-18-15-19(26)8-9-20(18)22(23(17)27-21)16-11-13-28(14-12-16)25(30)32-4-2/h7-10,15H,3-6,11-14H2,1-2H3. The average molecular weight is 455 g/mol. The summed E-state index contributed by atoms with van der Waals surface area (Å²) in [5.41, 5.74) is 6.79. The van der Waals surface area contributed by atoms with Crippen molar-refractivity contribution in [2.24, 2.45) is 0 Å². The number of hydrogen-bond donors (Lipinski definition) is 0. The number of piperidine rings is 1. The predicted molar refractivity (Wildman–Crippen MR) is 123 cm³/mol. The summed E-state index contributed by atoms with van der Waals surface area (Å²) in [6.45, 7) is 5.45. The molecule has 1 aromatic heterocycles. The van der Waals surface area contributed by atoms with E-state index in [0.717, 1.165) is 48.1 Å². The number of pyridine rings is 1. The van der Waals surface area contributed by atoms with Gasteiger partial charge in [-0.3, -0.25) is 0 Å². The van der Waals surface area contributed by atoms with Gasteiger partial charge in [-0.15, -0.1) is 0 Å². The molecule has 2 aromatic rings. The lowest BCUT2D eigenvalue weighted by Gasteiger charge is -2.29. The summed E-state index contributed by atoms with van der Waals surface area (Å²) in [6, 6.07) is 9.69. The van der Waals surface area contributed by atoms with Crippen molar-refractivity contribution in [2.45, 2.75) is 39.5 Å². The van der Waals surface area contributed by atoms with Crippen LogP contribution in [0.15, 0.2) is 35.9 Å². The predicted octanol–water partition coefficient (Wildman–Crippen LogP) is 5.06. The van der Waals surface area contributed by atoms with Gasteiger partial charge in [-0.25, -0.2) is 14.6 Å². The lowest BCUT2D eigenvalue weighted by molar-refractivity contribution is 0.0519.